The molecule has 174 valence electrons. The number of methoxy groups -OCH3 is 3. The lowest BCUT2D eigenvalue weighted by atomic mass is 9.97. The summed E-state index contributed by atoms with van der Waals surface area (Å²) in [6, 6.07) is 25.1. The molecule has 6 heteroatoms. The van der Waals surface area contributed by atoms with E-state index in [1.54, 1.807) is 12.1 Å². The van der Waals surface area contributed by atoms with E-state index in [1.165, 1.54) is 21.3 Å². The molecule has 1 heterocycles. The SMILES string of the molecule is COc1cc(C(=O)/C(=C\c2cccc3ccccc23)c2nc3ccccc3[nH]2)cc(OC)c1OC. The number of hydrogen-bond donors (Lipinski definition) is 1. The Bertz CT molecular complexity index is 1520. The van der Waals surface area contributed by atoms with Gasteiger partial charge in [0.15, 0.2) is 17.3 Å². The van der Waals surface area contributed by atoms with Crippen LogP contribution in [0.25, 0.3) is 33.5 Å². The normalized spacial score (nSPS) is 11.6. The van der Waals surface area contributed by atoms with Crippen molar-refractivity contribution < 1.29 is 19.0 Å². The number of nitrogens with one attached hydrogen (secondary N) is 1. The number of imidazole rings is 1. The lowest BCUT2D eigenvalue weighted by molar-refractivity contribution is 0.105. The van der Waals surface area contributed by atoms with E-state index < -0.39 is 0 Å². The van der Waals surface area contributed by atoms with E-state index >= 15 is 0 Å². The van der Waals surface area contributed by atoms with Crippen LogP contribution in [0.5, 0.6) is 17.2 Å². The van der Waals surface area contributed by atoms with E-state index in [0.29, 0.717) is 34.2 Å². The number of ketones is 1. The number of hydrogen-bond acceptors (Lipinski definition) is 5. The average Bonchev–Trinajstić information content (AvgIpc) is 3.34. The number of allylic oxidation sites excluding steroid dienone is 1. The van der Waals surface area contributed by atoms with E-state index in [2.05, 4.69) is 17.1 Å². The van der Waals surface area contributed by atoms with Crippen LogP contribution in [-0.2, 0) is 0 Å². The predicted molar refractivity (Wildman–Crippen MR) is 138 cm³/mol. The molecular formula is C29H24N2O4. The van der Waals surface area contributed by atoms with Crippen molar-refractivity contribution in [2.24, 2.45) is 0 Å². The maximum absolute atomic E-state index is 14.0. The zero-order valence-corrected chi connectivity index (χ0v) is 19.7. The lowest BCUT2D eigenvalue weighted by Crippen LogP contribution is -2.06. The van der Waals surface area contributed by atoms with Crippen molar-refractivity contribution in [3.63, 3.8) is 0 Å². The van der Waals surface area contributed by atoms with Gasteiger partial charge in [-0.15, -0.1) is 0 Å². The molecule has 0 saturated heterocycles. The lowest BCUT2D eigenvalue weighted by Gasteiger charge is -2.14. The minimum atomic E-state index is -0.226. The fraction of sp³-hybridized carbons (Fsp3) is 0.103. The number of rotatable bonds is 7. The molecule has 0 fully saturated rings. The van der Waals surface area contributed by atoms with Crippen molar-refractivity contribution in [2.45, 2.75) is 0 Å². The first-order chi connectivity index (χ1) is 17.1. The monoisotopic (exact) mass is 464 g/mol. The molecule has 4 aromatic carbocycles. The first kappa shape index (κ1) is 22.2. The van der Waals surface area contributed by atoms with Gasteiger partial charge in [-0.3, -0.25) is 4.79 Å². The number of carbonyl (C=O) groups excluding carboxylic acids is 1. The van der Waals surface area contributed by atoms with Crippen LogP contribution < -0.4 is 14.2 Å². The summed E-state index contributed by atoms with van der Waals surface area (Å²) in [6.45, 7) is 0. The maximum atomic E-state index is 14.0. The molecule has 0 radical (unpaired) electrons. The van der Waals surface area contributed by atoms with Gasteiger partial charge in [0.1, 0.15) is 5.82 Å². The summed E-state index contributed by atoms with van der Waals surface area (Å²) < 4.78 is 16.4. The van der Waals surface area contributed by atoms with Crippen molar-refractivity contribution in [3.8, 4) is 17.2 Å². The largest absolute Gasteiger partial charge is 0.493 e. The van der Waals surface area contributed by atoms with Crippen LogP contribution in [0.4, 0.5) is 0 Å². The van der Waals surface area contributed by atoms with Gasteiger partial charge in [-0.2, -0.15) is 0 Å². The van der Waals surface area contributed by atoms with Gasteiger partial charge >= 0.3 is 0 Å². The Balaban J connectivity index is 1.73. The predicted octanol–water partition coefficient (Wildman–Crippen LogP) is 6.17. The zero-order chi connectivity index (χ0) is 24.4. The molecule has 0 atom stereocenters. The molecule has 0 aliphatic carbocycles. The second-order valence-corrected chi connectivity index (χ2v) is 7.97. The van der Waals surface area contributed by atoms with Crippen molar-refractivity contribution >= 4 is 39.2 Å². The summed E-state index contributed by atoms with van der Waals surface area (Å²) in [5, 5.41) is 2.13. The number of aromatic nitrogens is 2. The Morgan fingerprint density at radius 3 is 2.23 bits per heavy atom. The van der Waals surface area contributed by atoms with Gasteiger partial charge in [0.2, 0.25) is 5.75 Å². The minimum absolute atomic E-state index is 0.226. The third-order valence-electron chi connectivity index (χ3n) is 5.94. The van der Waals surface area contributed by atoms with E-state index in [-0.39, 0.29) is 5.78 Å². The molecule has 0 aliphatic rings. The van der Waals surface area contributed by atoms with Gasteiger partial charge in [-0.05, 0) is 46.7 Å². The second kappa shape index (κ2) is 9.35. The Labute approximate surface area is 202 Å². The van der Waals surface area contributed by atoms with Crippen molar-refractivity contribution in [2.75, 3.05) is 21.3 Å². The standard InChI is InChI=1S/C29H24N2O4/c1-33-25-16-20(17-26(34-2)28(25)35-3)27(32)22(29-30-23-13-6-7-14-24(23)31-29)15-19-11-8-10-18-9-4-5-12-21(18)19/h4-17H,1-3H3,(H,30,31)/b22-15+. The summed E-state index contributed by atoms with van der Waals surface area (Å²) in [5.41, 5.74) is 3.37. The summed E-state index contributed by atoms with van der Waals surface area (Å²) in [6.07, 6.45) is 1.88. The number of Topliss-reactive ketones (excluding diaryl/α,β-unsaturated/α-hetero) is 1. The number of fused-ring (bicyclic) bond motifs is 2. The van der Waals surface area contributed by atoms with Gasteiger partial charge in [-0.25, -0.2) is 4.98 Å². The van der Waals surface area contributed by atoms with Crippen LogP contribution in [0.1, 0.15) is 21.7 Å². The molecule has 35 heavy (non-hydrogen) atoms. The first-order valence-corrected chi connectivity index (χ1v) is 11.1. The molecule has 0 spiro atoms. The third kappa shape index (κ3) is 4.10. The fourth-order valence-corrected chi connectivity index (χ4v) is 4.22. The first-order valence-electron chi connectivity index (χ1n) is 11.1. The van der Waals surface area contributed by atoms with Gasteiger partial charge in [0, 0.05) is 5.56 Å². The van der Waals surface area contributed by atoms with Gasteiger partial charge in [0.25, 0.3) is 0 Å². The molecule has 1 N–H and O–H groups in total. The van der Waals surface area contributed by atoms with Gasteiger partial charge in [-0.1, -0.05) is 54.6 Å². The van der Waals surface area contributed by atoms with Crippen LogP contribution >= 0.6 is 0 Å². The molecular weight excluding hydrogens is 440 g/mol. The Morgan fingerprint density at radius 2 is 1.51 bits per heavy atom. The Morgan fingerprint density at radius 1 is 0.829 bits per heavy atom. The quantitative estimate of drug-likeness (QED) is 0.230. The summed E-state index contributed by atoms with van der Waals surface area (Å²) >= 11 is 0. The topological polar surface area (TPSA) is 73.4 Å². The summed E-state index contributed by atoms with van der Waals surface area (Å²) in [4.78, 5) is 22.0. The summed E-state index contributed by atoms with van der Waals surface area (Å²) in [7, 11) is 4.58. The second-order valence-electron chi connectivity index (χ2n) is 7.97. The van der Waals surface area contributed by atoms with Crippen molar-refractivity contribution in [3.05, 3.63) is 95.8 Å². The van der Waals surface area contributed by atoms with Crippen LogP contribution in [0.15, 0.2) is 78.9 Å². The van der Waals surface area contributed by atoms with Crippen molar-refractivity contribution in [1.82, 2.24) is 9.97 Å². The fourth-order valence-electron chi connectivity index (χ4n) is 4.22. The Kier molecular flexibility index (Phi) is 5.94. The van der Waals surface area contributed by atoms with E-state index in [0.717, 1.165) is 27.4 Å². The van der Waals surface area contributed by atoms with Crippen LogP contribution in [-0.4, -0.2) is 37.1 Å². The zero-order valence-electron chi connectivity index (χ0n) is 19.7. The third-order valence-corrected chi connectivity index (χ3v) is 5.94. The summed E-state index contributed by atoms with van der Waals surface area (Å²) in [5.74, 6) is 1.50. The van der Waals surface area contributed by atoms with Crippen LogP contribution in [0.3, 0.4) is 0 Å². The number of para-hydroxylation sites is 2. The number of aromatic amines is 1. The van der Waals surface area contributed by atoms with Gasteiger partial charge < -0.3 is 19.2 Å². The van der Waals surface area contributed by atoms with Crippen molar-refractivity contribution in [1.29, 1.82) is 0 Å². The van der Waals surface area contributed by atoms with E-state index in [9.17, 15) is 4.79 Å². The highest BCUT2D eigenvalue weighted by Gasteiger charge is 2.23. The number of nitrogens with zero attached hydrogens (tertiary/aromatic N) is 1. The Hall–Kier alpha value is -4.58. The molecule has 0 amide bonds. The molecule has 5 rings (SSSR count). The molecule has 0 saturated carbocycles. The highest BCUT2D eigenvalue weighted by atomic mass is 16.5. The number of H-pyrrole nitrogens is 1. The van der Waals surface area contributed by atoms with Crippen LogP contribution in [0, 0.1) is 0 Å². The molecule has 6 nitrogen and oxygen atoms in total. The van der Waals surface area contributed by atoms with Crippen LogP contribution in [0.2, 0.25) is 0 Å². The minimum Gasteiger partial charge on any atom is -0.493 e. The van der Waals surface area contributed by atoms with E-state index in [4.69, 9.17) is 19.2 Å². The smallest absolute Gasteiger partial charge is 0.203 e. The molecule has 5 aromatic rings. The molecule has 0 bridgehead atoms. The van der Waals surface area contributed by atoms with Gasteiger partial charge in [0.05, 0.1) is 37.9 Å². The highest BCUT2D eigenvalue weighted by molar-refractivity contribution is 6.32. The molecule has 1 aromatic heterocycles. The van der Waals surface area contributed by atoms with E-state index in [1.807, 2.05) is 60.7 Å². The number of benzene rings is 4. The number of carbonyl (C=O) groups is 1. The maximum Gasteiger partial charge on any atom is 0.203 e. The molecule has 0 unspecified atom stereocenters. The highest BCUT2D eigenvalue weighted by Crippen LogP contribution is 2.39. The average molecular weight is 465 g/mol. The molecule has 0 aliphatic heterocycles. The number of ether oxygens (including phenoxy) is 3.